The van der Waals surface area contributed by atoms with Gasteiger partial charge in [-0.25, -0.2) is 4.79 Å². The van der Waals surface area contributed by atoms with Crippen molar-refractivity contribution in [3.8, 4) is 0 Å². The van der Waals surface area contributed by atoms with E-state index < -0.39 is 14.4 Å². The maximum Gasteiger partial charge on any atom is 0.431 e. The first kappa shape index (κ1) is 18.0. The van der Waals surface area contributed by atoms with Crippen molar-refractivity contribution in [3.63, 3.8) is 0 Å². The summed E-state index contributed by atoms with van der Waals surface area (Å²) in [7, 11) is -0.213. The summed E-state index contributed by atoms with van der Waals surface area (Å²) >= 11 is 0. The van der Waals surface area contributed by atoms with Crippen LogP contribution in [0.5, 0.6) is 0 Å². The molecule has 0 aromatic heterocycles. The maximum absolute atomic E-state index is 11.2. The first-order valence-electron chi connectivity index (χ1n) is 6.53. The van der Waals surface area contributed by atoms with Gasteiger partial charge in [-0.05, 0) is 25.1 Å². The quantitative estimate of drug-likeness (QED) is 0.325. The minimum absolute atomic E-state index is 0.186. The summed E-state index contributed by atoms with van der Waals surface area (Å²) in [5.74, 6) is 0. The molecule has 0 unspecified atom stereocenters. The van der Waals surface area contributed by atoms with Gasteiger partial charge in [0, 0.05) is 7.05 Å². The van der Waals surface area contributed by atoms with Crippen LogP contribution in [0, 0.1) is 0 Å². The zero-order chi connectivity index (χ0) is 15.1. The molecule has 0 heterocycles. The van der Waals surface area contributed by atoms with Crippen LogP contribution in [0.2, 0.25) is 18.1 Å². The third-order valence-corrected chi connectivity index (χ3v) is 7.73. The largest absolute Gasteiger partial charge is 0.448 e. The topological polar surface area (TPSA) is 63.5 Å². The Balaban J connectivity index is 4.02. The van der Waals surface area contributed by atoms with Crippen LogP contribution in [0.4, 0.5) is 4.79 Å². The normalized spacial score (nSPS) is 12.8. The smallest absolute Gasteiger partial charge is 0.431 e. The summed E-state index contributed by atoms with van der Waals surface area (Å²) in [5, 5.41) is 8.92. The van der Waals surface area contributed by atoms with Crippen molar-refractivity contribution in [2.45, 2.75) is 45.8 Å². The molecule has 1 amide bonds. The summed E-state index contributed by atoms with van der Waals surface area (Å²) in [6.07, 6.45) is -0.503. The number of hydrogen-bond donors (Lipinski definition) is 0. The number of rotatable bonds is 6. The average molecular weight is 289 g/mol. The van der Waals surface area contributed by atoms with Crippen molar-refractivity contribution in [1.82, 2.24) is 5.01 Å². The molecule has 7 heteroatoms. The van der Waals surface area contributed by atoms with E-state index in [4.69, 9.17) is 9.16 Å². The lowest BCUT2D eigenvalue weighted by Gasteiger charge is -2.35. The number of amides is 1. The third kappa shape index (κ3) is 6.67. The van der Waals surface area contributed by atoms with Crippen molar-refractivity contribution < 1.29 is 14.0 Å². The van der Waals surface area contributed by atoms with Crippen LogP contribution >= 0.6 is 0 Å². The van der Waals surface area contributed by atoms with E-state index >= 15 is 0 Å². The lowest BCUT2D eigenvalue weighted by Crippen LogP contribution is -2.41. The van der Waals surface area contributed by atoms with E-state index in [0.29, 0.717) is 19.8 Å². The molecule has 6 nitrogen and oxygen atoms in total. The molecule has 19 heavy (non-hydrogen) atoms. The molecule has 0 rings (SSSR count). The van der Waals surface area contributed by atoms with Gasteiger partial charge in [0.1, 0.15) is 0 Å². The SMILES string of the molecule is CCOC(=O)N(C)/N=N\CCO[Si](C)(C)C(C)(C)C. The third-order valence-electron chi connectivity index (χ3n) is 3.19. The Kier molecular flexibility index (Phi) is 7.21. The lowest BCUT2D eigenvalue weighted by atomic mass is 10.2. The highest BCUT2D eigenvalue weighted by Crippen LogP contribution is 2.36. The highest BCUT2D eigenvalue weighted by atomic mass is 28.4. The van der Waals surface area contributed by atoms with E-state index in [-0.39, 0.29) is 5.04 Å². The lowest BCUT2D eigenvalue weighted by molar-refractivity contribution is 0.114. The molecule has 0 spiro atoms. The zero-order valence-corrected chi connectivity index (χ0v) is 14.2. The second-order valence-corrected chi connectivity index (χ2v) is 10.6. The fourth-order valence-electron chi connectivity index (χ4n) is 0.951. The van der Waals surface area contributed by atoms with Crippen LogP contribution in [0.1, 0.15) is 27.7 Å². The molecule has 0 atom stereocenters. The standard InChI is InChI=1S/C12H27N3O3Si/c1-8-17-11(16)15(5)14-13-9-10-18-19(6,7)12(2,3)4/h8-10H2,1-7H3/b14-13-. The predicted octanol–water partition coefficient (Wildman–Crippen LogP) is 3.46. The predicted molar refractivity (Wildman–Crippen MR) is 77.7 cm³/mol. The molecule has 0 saturated carbocycles. The van der Waals surface area contributed by atoms with Gasteiger partial charge in [-0.2, -0.15) is 10.1 Å². The number of nitrogens with zero attached hydrogens (tertiary/aromatic N) is 3. The van der Waals surface area contributed by atoms with Gasteiger partial charge >= 0.3 is 6.09 Å². The molecule has 0 saturated heterocycles. The van der Waals surface area contributed by atoms with E-state index in [2.05, 4.69) is 44.2 Å². The van der Waals surface area contributed by atoms with Crippen LogP contribution in [0.15, 0.2) is 10.3 Å². The Labute approximate surface area is 117 Å². The Morgan fingerprint density at radius 1 is 1.32 bits per heavy atom. The Morgan fingerprint density at radius 2 is 1.89 bits per heavy atom. The molecule has 0 aromatic carbocycles. The Hall–Kier alpha value is -0.953. The fraction of sp³-hybridized carbons (Fsp3) is 0.917. The van der Waals surface area contributed by atoms with Gasteiger partial charge in [0.05, 0.1) is 19.8 Å². The highest BCUT2D eigenvalue weighted by molar-refractivity contribution is 6.74. The first-order chi connectivity index (χ1) is 8.62. The Morgan fingerprint density at radius 3 is 2.37 bits per heavy atom. The van der Waals surface area contributed by atoms with E-state index in [0.717, 1.165) is 5.01 Å². The fourth-order valence-corrected chi connectivity index (χ4v) is 1.99. The van der Waals surface area contributed by atoms with Crippen LogP contribution in [0.3, 0.4) is 0 Å². The molecule has 0 aliphatic rings. The summed E-state index contributed by atoms with van der Waals surface area (Å²) < 4.78 is 10.7. The molecule has 0 fully saturated rings. The van der Waals surface area contributed by atoms with Crippen molar-refractivity contribution >= 4 is 14.4 Å². The number of carbonyl (C=O) groups excluding carboxylic acids is 1. The first-order valence-corrected chi connectivity index (χ1v) is 9.44. The van der Waals surface area contributed by atoms with E-state index in [1.54, 1.807) is 6.92 Å². The van der Waals surface area contributed by atoms with E-state index in [9.17, 15) is 4.79 Å². The average Bonchev–Trinajstić information content (AvgIpc) is 2.26. The number of carbonyl (C=O) groups is 1. The van der Waals surface area contributed by atoms with E-state index in [1.807, 2.05) is 0 Å². The highest BCUT2D eigenvalue weighted by Gasteiger charge is 2.36. The summed E-state index contributed by atoms with van der Waals surface area (Å²) in [6.45, 7) is 14.0. The minimum atomic E-state index is -1.72. The molecule has 0 aliphatic heterocycles. The molecular weight excluding hydrogens is 262 g/mol. The van der Waals surface area contributed by atoms with Gasteiger partial charge in [0.2, 0.25) is 0 Å². The molecule has 0 N–H and O–H groups in total. The molecule has 0 aromatic rings. The molecular formula is C12H27N3O3Si. The second-order valence-electron chi connectivity index (χ2n) is 5.79. The zero-order valence-electron chi connectivity index (χ0n) is 13.2. The number of ether oxygens (including phenoxy) is 1. The van der Waals surface area contributed by atoms with E-state index in [1.165, 1.54) is 7.05 Å². The van der Waals surface area contributed by atoms with Gasteiger partial charge in [0.15, 0.2) is 8.32 Å². The van der Waals surface area contributed by atoms with Crippen LogP contribution < -0.4 is 0 Å². The Bertz CT molecular complexity index is 314. The summed E-state index contributed by atoms with van der Waals surface area (Å²) in [6, 6.07) is 0. The molecule has 0 aliphatic carbocycles. The minimum Gasteiger partial charge on any atom is -0.448 e. The maximum atomic E-state index is 11.2. The second kappa shape index (κ2) is 7.59. The molecule has 112 valence electrons. The van der Waals surface area contributed by atoms with Gasteiger partial charge in [-0.15, -0.1) is 0 Å². The van der Waals surface area contributed by atoms with Gasteiger partial charge in [-0.3, -0.25) is 0 Å². The van der Waals surface area contributed by atoms with Crippen LogP contribution in [0.25, 0.3) is 0 Å². The summed E-state index contributed by atoms with van der Waals surface area (Å²) in [5.41, 5.74) is 0. The van der Waals surface area contributed by atoms with Crippen molar-refractivity contribution in [2.75, 3.05) is 26.8 Å². The van der Waals surface area contributed by atoms with Crippen molar-refractivity contribution in [3.05, 3.63) is 0 Å². The van der Waals surface area contributed by atoms with Crippen LogP contribution in [-0.4, -0.2) is 46.2 Å². The van der Waals surface area contributed by atoms with Crippen LogP contribution in [-0.2, 0) is 9.16 Å². The molecule has 0 bridgehead atoms. The number of hydrogen-bond acceptors (Lipinski definition) is 5. The van der Waals surface area contributed by atoms with Gasteiger partial charge in [0.25, 0.3) is 0 Å². The van der Waals surface area contributed by atoms with Crippen molar-refractivity contribution in [2.24, 2.45) is 10.3 Å². The summed E-state index contributed by atoms with van der Waals surface area (Å²) in [4.78, 5) is 11.2. The van der Waals surface area contributed by atoms with Gasteiger partial charge < -0.3 is 9.16 Å². The van der Waals surface area contributed by atoms with Gasteiger partial charge in [-0.1, -0.05) is 26.0 Å². The monoisotopic (exact) mass is 289 g/mol. The van der Waals surface area contributed by atoms with Crippen molar-refractivity contribution in [1.29, 1.82) is 0 Å². The molecule has 0 radical (unpaired) electrons.